The molecule has 0 aromatic heterocycles. The maximum absolute atomic E-state index is 6.12. The van der Waals surface area contributed by atoms with E-state index in [1.807, 2.05) is 39.8 Å². The van der Waals surface area contributed by atoms with E-state index in [4.69, 9.17) is 33.2 Å². The molecule has 0 radical (unpaired) electrons. The van der Waals surface area contributed by atoms with Crippen molar-refractivity contribution in [2.75, 3.05) is 39.6 Å². The van der Waals surface area contributed by atoms with Gasteiger partial charge in [0.25, 0.3) is 0 Å². The van der Waals surface area contributed by atoms with E-state index in [1.54, 1.807) is 0 Å². The first-order chi connectivity index (χ1) is 16.1. The van der Waals surface area contributed by atoms with Gasteiger partial charge in [0.2, 0.25) is 0 Å². The van der Waals surface area contributed by atoms with Gasteiger partial charge in [-0.3, -0.25) is 0 Å². The lowest BCUT2D eigenvalue weighted by molar-refractivity contribution is -0.207. The van der Waals surface area contributed by atoms with Crippen molar-refractivity contribution in [2.24, 2.45) is 0 Å². The fourth-order valence-electron chi connectivity index (χ4n) is 2.93. The third kappa shape index (κ3) is 19.2. The molecule has 0 amide bonds. The van der Waals surface area contributed by atoms with Crippen LogP contribution in [0.15, 0.2) is 24.3 Å². The van der Waals surface area contributed by atoms with Crippen molar-refractivity contribution in [3.8, 4) is 0 Å². The Morgan fingerprint density at radius 1 is 0.515 bits per heavy atom. The highest BCUT2D eigenvalue weighted by Crippen LogP contribution is 2.12. The lowest BCUT2D eigenvalue weighted by atomic mass is 10.2. The van der Waals surface area contributed by atoms with Gasteiger partial charge in [0.05, 0.1) is 0 Å². The summed E-state index contributed by atoms with van der Waals surface area (Å²) in [6.45, 7) is 15.8. The summed E-state index contributed by atoms with van der Waals surface area (Å²) in [5.41, 5.74) is 0. The average Bonchev–Trinajstić information content (AvgIpc) is 2.81. The molecule has 7 nitrogen and oxygen atoms in total. The highest BCUT2D eigenvalue weighted by atomic mass is 16.8. The molecule has 0 aromatic rings. The van der Waals surface area contributed by atoms with Crippen molar-refractivity contribution >= 4 is 0 Å². The molecular formula is C26H50O7. The zero-order valence-electron chi connectivity index (χ0n) is 22.0. The number of ether oxygens (including phenoxy) is 7. The first-order valence-electron chi connectivity index (χ1n) is 12.8. The number of allylic oxidation sites excluding steroid dienone is 2. The first-order valence-corrected chi connectivity index (χ1v) is 12.8. The lowest BCUT2D eigenvalue weighted by Crippen LogP contribution is -2.25. The summed E-state index contributed by atoms with van der Waals surface area (Å²) in [6.07, 6.45) is 11.7. The third-order valence-electron chi connectivity index (χ3n) is 4.38. The zero-order valence-corrected chi connectivity index (χ0v) is 22.0. The quantitative estimate of drug-likeness (QED) is 0.126. The van der Waals surface area contributed by atoms with Gasteiger partial charge in [0.15, 0.2) is 25.2 Å². The minimum atomic E-state index is -0.478. The van der Waals surface area contributed by atoms with Crippen LogP contribution in [-0.2, 0) is 33.2 Å². The summed E-state index contributed by atoms with van der Waals surface area (Å²) in [7, 11) is 0. The third-order valence-corrected chi connectivity index (χ3v) is 4.38. The summed E-state index contributed by atoms with van der Waals surface area (Å²) in [6, 6.07) is 0. The van der Waals surface area contributed by atoms with Crippen LogP contribution < -0.4 is 0 Å². The van der Waals surface area contributed by atoms with Crippen molar-refractivity contribution < 1.29 is 33.2 Å². The Morgan fingerprint density at radius 2 is 0.879 bits per heavy atom. The van der Waals surface area contributed by atoms with Crippen molar-refractivity contribution in [2.45, 2.75) is 105 Å². The van der Waals surface area contributed by atoms with Gasteiger partial charge in [0.1, 0.15) is 0 Å². The van der Waals surface area contributed by atoms with Gasteiger partial charge in [-0.25, -0.2) is 0 Å². The molecule has 0 fully saturated rings. The smallest absolute Gasteiger partial charge is 0.180 e. The molecule has 0 aliphatic rings. The van der Waals surface area contributed by atoms with Crippen molar-refractivity contribution in [3.05, 3.63) is 24.3 Å². The molecule has 196 valence electrons. The summed E-state index contributed by atoms with van der Waals surface area (Å²) >= 11 is 0. The van der Waals surface area contributed by atoms with Gasteiger partial charge >= 0.3 is 0 Å². The van der Waals surface area contributed by atoms with Crippen LogP contribution in [0.2, 0.25) is 0 Å². The summed E-state index contributed by atoms with van der Waals surface area (Å²) in [5, 5.41) is 0. The van der Waals surface area contributed by atoms with Crippen LogP contribution in [0.5, 0.6) is 0 Å². The molecular weight excluding hydrogens is 424 g/mol. The Bertz CT molecular complexity index is 404. The molecule has 0 N–H and O–H groups in total. The largest absolute Gasteiger partial charge is 0.353 e. The van der Waals surface area contributed by atoms with E-state index in [-0.39, 0.29) is 12.6 Å². The van der Waals surface area contributed by atoms with Crippen LogP contribution in [0.1, 0.15) is 80.1 Å². The molecule has 0 saturated heterocycles. The van der Waals surface area contributed by atoms with E-state index in [0.29, 0.717) is 39.6 Å². The standard InChI is InChI=1S/C26H50O7/c1-7-21-31-25(19-15-13-17-23(27-9-3)28-10-4)33-26(32-22-8-2)20-16-14-18-24(29-11-5)30-12-6/h15-16,19-20,23-26H,7-14,17-18,21-22H2,1-6H3. The predicted molar refractivity (Wildman–Crippen MR) is 132 cm³/mol. The second kappa shape index (κ2) is 24.3. The molecule has 7 heteroatoms. The fourth-order valence-corrected chi connectivity index (χ4v) is 2.93. The van der Waals surface area contributed by atoms with Crippen LogP contribution in [0.4, 0.5) is 0 Å². The molecule has 0 saturated carbocycles. The Labute approximate surface area is 202 Å². The topological polar surface area (TPSA) is 64.6 Å². The van der Waals surface area contributed by atoms with Gasteiger partial charge in [-0.15, -0.1) is 0 Å². The van der Waals surface area contributed by atoms with E-state index in [9.17, 15) is 0 Å². The molecule has 2 unspecified atom stereocenters. The average molecular weight is 475 g/mol. The first kappa shape index (κ1) is 32.2. The second-order valence-corrected chi connectivity index (χ2v) is 7.31. The molecule has 0 aromatic carbocycles. The molecule has 2 atom stereocenters. The van der Waals surface area contributed by atoms with Gasteiger partial charge in [-0.2, -0.15) is 0 Å². The fraction of sp³-hybridized carbons (Fsp3) is 0.846. The van der Waals surface area contributed by atoms with Crippen molar-refractivity contribution in [1.82, 2.24) is 0 Å². The van der Waals surface area contributed by atoms with Gasteiger partial charge < -0.3 is 33.2 Å². The molecule has 0 rings (SSSR count). The molecule has 0 heterocycles. The number of rotatable bonds is 24. The molecule has 33 heavy (non-hydrogen) atoms. The Kier molecular flexibility index (Phi) is 23.7. The van der Waals surface area contributed by atoms with Crippen molar-refractivity contribution in [1.29, 1.82) is 0 Å². The highest BCUT2D eigenvalue weighted by Gasteiger charge is 2.14. The van der Waals surface area contributed by atoms with E-state index in [1.165, 1.54) is 0 Å². The van der Waals surface area contributed by atoms with Crippen LogP contribution in [0, 0.1) is 0 Å². The Balaban J connectivity index is 4.84. The van der Waals surface area contributed by atoms with Gasteiger partial charge in [0, 0.05) is 52.5 Å². The lowest BCUT2D eigenvalue weighted by Gasteiger charge is -2.21. The number of hydrogen-bond acceptors (Lipinski definition) is 7. The summed E-state index contributed by atoms with van der Waals surface area (Å²) in [5.74, 6) is 0. The van der Waals surface area contributed by atoms with Crippen molar-refractivity contribution in [3.63, 3.8) is 0 Å². The van der Waals surface area contributed by atoms with E-state index < -0.39 is 12.6 Å². The van der Waals surface area contributed by atoms with E-state index in [0.717, 1.165) is 38.5 Å². The number of hydrogen-bond donors (Lipinski definition) is 0. The highest BCUT2D eigenvalue weighted by molar-refractivity contribution is 4.90. The summed E-state index contributed by atoms with van der Waals surface area (Å²) in [4.78, 5) is 0. The SMILES string of the molecule is CCCOC(C=CCCC(OCC)OCC)OC(C=CCCC(OCC)OCC)OCCC. The molecule has 0 bridgehead atoms. The van der Waals surface area contributed by atoms with Gasteiger partial charge in [-0.1, -0.05) is 26.0 Å². The van der Waals surface area contributed by atoms with Crippen LogP contribution in [-0.4, -0.2) is 64.8 Å². The Morgan fingerprint density at radius 3 is 1.18 bits per heavy atom. The van der Waals surface area contributed by atoms with Crippen LogP contribution in [0.3, 0.4) is 0 Å². The van der Waals surface area contributed by atoms with E-state index >= 15 is 0 Å². The summed E-state index contributed by atoms with van der Waals surface area (Å²) < 4.78 is 40.3. The molecule has 0 aliphatic heterocycles. The normalized spacial score (nSPS) is 14.3. The van der Waals surface area contributed by atoms with Crippen LogP contribution >= 0.6 is 0 Å². The predicted octanol–water partition coefficient (Wildman–Crippen LogP) is 5.98. The Hall–Kier alpha value is -0.800. The van der Waals surface area contributed by atoms with E-state index in [2.05, 4.69) is 26.0 Å². The maximum atomic E-state index is 6.12. The second-order valence-electron chi connectivity index (χ2n) is 7.31. The zero-order chi connectivity index (χ0) is 24.6. The molecule has 0 spiro atoms. The van der Waals surface area contributed by atoms with Crippen LogP contribution in [0.25, 0.3) is 0 Å². The minimum absolute atomic E-state index is 0.179. The monoisotopic (exact) mass is 474 g/mol. The maximum Gasteiger partial charge on any atom is 0.180 e. The minimum Gasteiger partial charge on any atom is -0.353 e. The molecule has 0 aliphatic carbocycles. The van der Waals surface area contributed by atoms with Gasteiger partial charge in [-0.05, 0) is 65.5 Å².